The van der Waals surface area contributed by atoms with Gasteiger partial charge in [-0.2, -0.15) is 0 Å². The maximum Gasteiger partial charge on any atom is 0.321 e. The number of hydrogen-bond acceptors (Lipinski definition) is 4. The number of carbonyl (C=O) groups excluding carboxylic acids is 2. The number of rotatable bonds is 6. The second-order valence-electron chi connectivity index (χ2n) is 4.49. The van der Waals surface area contributed by atoms with Crippen molar-refractivity contribution in [1.82, 2.24) is 15.6 Å². The van der Waals surface area contributed by atoms with Gasteiger partial charge in [0.1, 0.15) is 0 Å². The lowest BCUT2D eigenvalue weighted by atomic mass is 10.0. The lowest BCUT2D eigenvalue weighted by Gasteiger charge is -2.09. The third kappa shape index (κ3) is 6.48. The number of aromatic nitrogens is 1. The second kappa shape index (κ2) is 7.88. The lowest BCUT2D eigenvalue weighted by molar-refractivity contribution is -0.138. The predicted molar refractivity (Wildman–Crippen MR) is 70.6 cm³/mol. The normalized spacial score (nSPS) is 11.4. The van der Waals surface area contributed by atoms with Crippen LogP contribution in [0, 0.1) is 5.92 Å². The number of carbonyl (C=O) groups is 3. The molecular weight excluding hydrogens is 262 g/mol. The molecule has 3 amide bonds. The molecule has 1 unspecified atom stereocenters. The van der Waals surface area contributed by atoms with Crippen LogP contribution in [0.2, 0.25) is 0 Å². The number of aliphatic carboxylic acids is 1. The van der Waals surface area contributed by atoms with E-state index in [0.717, 1.165) is 5.56 Å². The number of nitrogens with one attached hydrogen (secondary N) is 2. The predicted octanol–water partition coefficient (Wildman–Crippen LogP) is 0.908. The van der Waals surface area contributed by atoms with Gasteiger partial charge in [0.25, 0.3) is 0 Å². The Hall–Kier alpha value is -2.44. The average Bonchev–Trinajstić information content (AvgIpc) is 2.36. The maximum atomic E-state index is 11.5. The summed E-state index contributed by atoms with van der Waals surface area (Å²) >= 11 is 0. The molecule has 1 heterocycles. The molecule has 0 bridgehead atoms. The number of carboxylic acids is 1. The Balaban J connectivity index is 2.28. The van der Waals surface area contributed by atoms with E-state index in [0.29, 0.717) is 0 Å². The van der Waals surface area contributed by atoms with Crippen molar-refractivity contribution >= 4 is 17.9 Å². The van der Waals surface area contributed by atoms with Gasteiger partial charge < -0.3 is 10.4 Å². The molecule has 108 valence electrons. The van der Waals surface area contributed by atoms with E-state index in [1.54, 1.807) is 31.5 Å². The molecular formula is C13H17N3O4. The molecule has 0 spiro atoms. The Morgan fingerprint density at radius 1 is 1.25 bits per heavy atom. The molecule has 0 saturated carbocycles. The minimum absolute atomic E-state index is 0.00498. The zero-order chi connectivity index (χ0) is 15.0. The Morgan fingerprint density at radius 3 is 2.50 bits per heavy atom. The van der Waals surface area contributed by atoms with Crippen LogP contribution in [-0.4, -0.2) is 28.0 Å². The van der Waals surface area contributed by atoms with Crippen molar-refractivity contribution in [3.8, 4) is 0 Å². The van der Waals surface area contributed by atoms with Gasteiger partial charge >= 0.3 is 12.0 Å². The molecule has 1 aromatic heterocycles. The van der Waals surface area contributed by atoms with E-state index in [4.69, 9.17) is 5.11 Å². The molecule has 20 heavy (non-hydrogen) atoms. The van der Waals surface area contributed by atoms with Gasteiger partial charge in [-0.15, -0.1) is 0 Å². The maximum absolute atomic E-state index is 11.5. The van der Waals surface area contributed by atoms with Gasteiger partial charge in [-0.05, 0) is 23.6 Å². The smallest absolute Gasteiger partial charge is 0.321 e. The van der Waals surface area contributed by atoms with Crippen LogP contribution in [-0.2, 0) is 16.1 Å². The number of hydrogen-bond donors (Lipinski definition) is 3. The summed E-state index contributed by atoms with van der Waals surface area (Å²) in [4.78, 5) is 37.2. The van der Waals surface area contributed by atoms with Crippen LogP contribution in [0.5, 0.6) is 0 Å². The van der Waals surface area contributed by atoms with Crippen LogP contribution in [0.15, 0.2) is 24.5 Å². The largest absolute Gasteiger partial charge is 0.481 e. The fraction of sp³-hybridized carbons (Fsp3) is 0.385. The Morgan fingerprint density at radius 2 is 1.90 bits per heavy atom. The molecule has 0 aliphatic heterocycles. The summed E-state index contributed by atoms with van der Waals surface area (Å²) in [5.41, 5.74) is 0.863. The highest BCUT2D eigenvalue weighted by Gasteiger charge is 2.14. The average molecular weight is 279 g/mol. The molecule has 0 aliphatic rings. The molecule has 1 aromatic rings. The molecule has 0 saturated heterocycles. The summed E-state index contributed by atoms with van der Waals surface area (Å²) in [7, 11) is 0. The fourth-order valence-electron chi connectivity index (χ4n) is 1.59. The highest BCUT2D eigenvalue weighted by atomic mass is 16.4. The van der Waals surface area contributed by atoms with Crippen molar-refractivity contribution in [2.45, 2.75) is 26.3 Å². The fourth-order valence-corrected chi connectivity index (χ4v) is 1.59. The van der Waals surface area contributed by atoms with E-state index in [2.05, 4.69) is 15.6 Å². The first-order chi connectivity index (χ1) is 9.47. The van der Waals surface area contributed by atoms with E-state index < -0.39 is 17.9 Å². The zero-order valence-corrected chi connectivity index (χ0v) is 11.1. The number of pyridine rings is 1. The van der Waals surface area contributed by atoms with Gasteiger partial charge in [-0.3, -0.25) is 19.9 Å². The summed E-state index contributed by atoms with van der Waals surface area (Å²) in [6.07, 6.45) is 3.10. The van der Waals surface area contributed by atoms with Gasteiger partial charge in [0.05, 0.1) is 0 Å². The Kier molecular flexibility index (Phi) is 6.15. The van der Waals surface area contributed by atoms with Crippen molar-refractivity contribution in [2.24, 2.45) is 5.92 Å². The molecule has 1 rings (SSSR count). The highest BCUT2D eigenvalue weighted by Crippen LogP contribution is 2.06. The van der Waals surface area contributed by atoms with Crippen molar-refractivity contribution in [3.05, 3.63) is 30.1 Å². The van der Waals surface area contributed by atoms with Crippen LogP contribution in [0.1, 0.15) is 25.3 Å². The number of imide groups is 1. The number of urea groups is 1. The molecule has 1 atom stereocenters. The molecule has 7 nitrogen and oxygen atoms in total. The minimum Gasteiger partial charge on any atom is -0.481 e. The summed E-state index contributed by atoms with van der Waals surface area (Å²) in [6, 6.07) is 2.89. The van der Waals surface area contributed by atoms with Gasteiger partial charge in [-0.1, -0.05) is 6.92 Å². The van der Waals surface area contributed by atoms with Crippen LogP contribution >= 0.6 is 0 Å². The number of nitrogens with zero attached hydrogens (tertiary/aromatic N) is 1. The highest BCUT2D eigenvalue weighted by molar-refractivity contribution is 5.94. The first kappa shape index (κ1) is 15.6. The standard InChI is InChI=1S/C13H17N3O4/c1-9(7-12(18)19)6-11(17)16-13(20)15-8-10-2-4-14-5-3-10/h2-5,9H,6-8H2,1H3,(H,18,19)(H2,15,16,17,20). The minimum atomic E-state index is -0.965. The zero-order valence-electron chi connectivity index (χ0n) is 11.1. The van der Waals surface area contributed by atoms with Gasteiger partial charge in [0.15, 0.2) is 0 Å². The number of carboxylic acid groups (broad SMARTS) is 1. The third-order valence-corrected chi connectivity index (χ3v) is 2.51. The Labute approximate surface area is 116 Å². The molecule has 3 N–H and O–H groups in total. The van der Waals surface area contributed by atoms with Gasteiger partial charge in [0, 0.05) is 31.8 Å². The van der Waals surface area contributed by atoms with Gasteiger partial charge in [0.2, 0.25) is 5.91 Å². The van der Waals surface area contributed by atoms with Crippen LogP contribution in [0.4, 0.5) is 4.79 Å². The molecule has 0 aliphatic carbocycles. The van der Waals surface area contributed by atoms with Crippen molar-refractivity contribution in [2.75, 3.05) is 0 Å². The Bertz CT molecular complexity index is 476. The van der Waals surface area contributed by atoms with Crippen LogP contribution in [0.25, 0.3) is 0 Å². The topological polar surface area (TPSA) is 108 Å². The summed E-state index contributed by atoms with van der Waals surface area (Å²) in [6.45, 7) is 1.93. The van der Waals surface area contributed by atoms with Gasteiger partial charge in [-0.25, -0.2) is 4.79 Å². The van der Waals surface area contributed by atoms with E-state index in [1.165, 1.54) is 0 Å². The van der Waals surface area contributed by atoms with Crippen molar-refractivity contribution < 1.29 is 19.5 Å². The van der Waals surface area contributed by atoms with E-state index >= 15 is 0 Å². The van der Waals surface area contributed by atoms with Crippen molar-refractivity contribution in [3.63, 3.8) is 0 Å². The van der Waals surface area contributed by atoms with Crippen LogP contribution < -0.4 is 10.6 Å². The monoisotopic (exact) mass is 279 g/mol. The quantitative estimate of drug-likeness (QED) is 0.717. The van der Waals surface area contributed by atoms with Crippen LogP contribution in [0.3, 0.4) is 0 Å². The van der Waals surface area contributed by atoms with E-state index in [9.17, 15) is 14.4 Å². The molecule has 0 fully saturated rings. The first-order valence-electron chi connectivity index (χ1n) is 6.15. The second-order valence-corrected chi connectivity index (χ2v) is 4.49. The molecule has 0 radical (unpaired) electrons. The summed E-state index contributed by atoms with van der Waals surface area (Å²) in [5, 5.41) is 13.3. The van der Waals surface area contributed by atoms with E-state index in [-0.39, 0.29) is 25.3 Å². The molecule has 7 heteroatoms. The van der Waals surface area contributed by atoms with Crippen molar-refractivity contribution in [1.29, 1.82) is 0 Å². The van der Waals surface area contributed by atoms with E-state index in [1.807, 2.05) is 0 Å². The summed E-state index contributed by atoms with van der Waals surface area (Å²) in [5.74, 6) is -1.78. The molecule has 0 aromatic carbocycles. The lowest BCUT2D eigenvalue weighted by Crippen LogP contribution is -2.39. The third-order valence-electron chi connectivity index (χ3n) is 2.51. The number of amides is 3. The first-order valence-corrected chi connectivity index (χ1v) is 6.15. The SMILES string of the molecule is CC(CC(=O)O)CC(=O)NC(=O)NCc1ccncc1. The summed E-state index contributed by atoms with van der Waals surface area (Å²) < 4.78 is 0.